The molecule has 0 bridgehead atoms. The fraction of sp³-hybridized carbons (Fsp3) is 0. The maximum atomic E-state index is 13.0. The minimum atomic E-state index is -0.837. The van der Waals surface area contributed by atoms with E-state index in [1.54, 1.807) is 0 Å². The number of halogens is 2. The Morgan fingerprint density at radius 1 is 1.54 bits per heavy atom. The van der Waals surface area contributed by atoms with Gasteiger partial charge in [-0.1, -0.05) is 6.07 Å². The van der Waals surface area contributed by atoms with Gasteiger partial charge in [0, 0.05) is 0 Å². The fourth-order valence-electron chi connectivity index (χ4n) is 0.999. The van der Waals surface area contributed by atoms with E-state index in [4.69, 9.17) is 16.0 Å². The van der Waals surface area contributed by atoms with E-state index in [9.17, 15) is 9.18 Å². The van der Waals surface area contributed by atoms with Crippen molar-refractivity contribution in [1.82, 2.24) is 4.98 Å². The van der Waals surface area contributed by atoms with Crippen LogP contribution in [0.3, 0.4) is 0 Å². The number of rotatable bonds is 1. The third-order valence-electron chi connectivity index (χ3n) is 1.54. The number of fused-ring (bicyclic) bond motifs is 1. The number of carbonyl (C=O) groups excluding carboxylic acids is 1. The molecule has 0 aliphatic heterocycles. The zero-order valence-corrected chi connectivity index (χ0v) is 7.01. The zero-order valence-electron chi connectivity index (χ0n) is 6.25. The van der Waals surface area contributed by atoms with Gasteiger partial charge in [0.1, 0.15) is 5.52 Å². The highest BCUT2D eigenvalue weighted by atomic mass is 35.5. The topological polar surface area (TPSA) is 43.1 Å². The van der Waals surface area contributed by atoms with Crippen molar-refractivity contribution in [2.24, 2.45) is 0 Å². The summed E-state index contributed by atoms with van der Waals surface area (Å²) in [5, 5.41) is -0.837. The van der Waals surface area contributed by atoms with Crippen LogP contribution < -0.4 is 0 Å². The molecular weight excluding hydrogens is 197 g/mol. The van der Waals surface area contributed by atoms with Gasteiger partial charge in [-0.2, -0.15) is 0 Å². The van der Waals surface area contributed by atoms with Gasteiger partial charge in [-0.15, -0.1) is 0 Å². The van der Waals surface area contributed by atoms with Crippen LogP contribution in [-0.2, 0) is 0 Å². The highest BCUT2D eigenvalue weighted by molar-refractivity contribution is 6.67. The summed E-state index contributed by atoms with van der Waals surface area (Å²) < 4.78 is 17.9. The number of oxazole rings is 1. The van der Waals surface area contributed by atoms with Crippen LogP contribution in [0.15, 0.2) is 22.6 Å². The van der Waals surface area contributed by atoms with Crippen molar-refractivity contribution < 1.29 is 13.6 Å². The van der Waals surface area contributed by atoms with Crippen molar-refractivity contribution in [3.8, 4) is 0 Å². The molecule has 5 heteroatoms. The molecule has 13 heavy (non-hydrogen) atoms. The molecule has 66 valence electrons. The standard InChI is InChI=1S/C8H3ClFNO2/c9-7(12)8-11-6-4(10)2-1-3-5(6)13-8/h1-3H. The number of para-hydroxylation sites is 1. The molecule has 1 heterocycles. The van der Waals surface area contributed by atoms with E-state index in [1.165, 1.54) is 18.2 Å². The molecular formula is C8H3ClFNO2. The minimum absolute atomic E-state index is 0.0199. The molecule has 0 saturated heterocycles. The van der Waals surface area contributed by atoms with Gasteiger partial charge in [0.25, 0.3) is 5.89 Å². The average molecular weight is 200 g/mol. The molecule has 0 fully saturated rings. The molecule has 0 atom stereocenters. The van der Waals surface area contributed by atoms with Crippen molar-refractivity contribution in [2.45, 2.75) is 0 Å². The molecule has 2 rings (SSSR count). The van der Waals surface area contributed by atoms with Gasteiger partial charge >= 0.3 is 5.24 Å². The van der Waals surface area contributed by atoms with E-state index < -0.39 is 11.1 Å². The van der Waals surface area contributed by atoms with E-state index in [-0.39, 0.29) is 17.0 Å². The molecule has 0 saturated carbocycles. The second-order valence-electron chi connectivity index (χ2n) is 2.38. The predicted octanol–water partition coefficient (Wildman–Crippen LogP) is 2.35. The smallest absolute Gasteiger partial charge is 0.307 e. The van der Waals surface area contributed by atoms with Crippen molar-refractivity contribution >= 4 is 27.9 Å². The van der Waals surface area contributed by atoms with Gasteiger partial charge in [-0.05, 0) is 23.7 Å². The van der Waals surface area contributed by atoms with Crippen LogP contribution in [0.25, 0.3) is 11.1 Å². The Morgan fingerprint density at radius 2 is 2.31 bits per heavy atom. The first-order valence-electron chi connectivity index (χ1n) is 3.43. The summed E-state index contributed by atoms with van der Waals surface area (Å²) in [5.41, 5.74) is 0.232. The molecule has 1 aromatic carbocycles. The Bertz CT molecular complexity index is 480. The Hall–Kier alpha value is -1.42. The van der Waals surface area contributed by atoms with Gasteiger partial charge in [0.2, 0.25) is 0 Å². The van der Waals surface area contributed by atoms with Crippen molar-refractivity contribution in [3.05, 3.63) is 29.9 Å². The van der Waals surface area contributed by atoms with Gasteiger partial charge in [0.05, 0.1) is 0 Å². The highest BCUT2D eigenvalue weighted by Crippen LogP contribution is 2.18. The molecule has 0 aliphatic carbocycles. The van der Waals surface area contributed by atoms with E-state index in [0.29, 0.717) is 0 Å². The van der Waals surface area contributed by atoms with Crippen LogP contribution in [0.1, 0.15) is 10.7 Å². The summed E-state index contributed by atoms with van der Waals surface area (Å²) in [6, 6.07) is 4.20. The van der Waals surface area contributed by atoms with Crippen LogP contribution in [0.2, 0.25) is 0 Å². The molecule has 2 aromatic rings. The minimum Gasteiger partial charge on any atom is -0.433 e. The van der Waals surface area contributed by atoms with E-state index >= 15 is 0 Å². The van der Waals surface area contributed by atoms with E-state index in [1.807, 2.05) is 0 Å². The number of carbonyl (C=O) groups is 1. The van der Waals surface area contributed by atoms with Crippen LogP contribution >= 0.6 is 11.6 Å². The zero-order chi connectivity index (χ0) is 9.42. The first-order chi connectivity index (χ1) is 6.18. The Labute approximate surface area is 77.1 Å². The summed E-state index contributed by atoms with van der Waals surface area (Å²) >= 11 is 5.11. The fourth-order valence-corrected chi connectivity index (χ4v) is 1.08. The third kappa shape index (κ3) is 1.29. The lowest BCUT2D eigenvalue weighted by molar-refractivity contribution is 0.105. The summed E-state index contributed by atoms with van der Waals surface area (Å²) in [4.78, 5) is 14.2. The monoisotopic (exact) mass is 199 g/mol. The van der Waals surface area contributed by atoms with Crippen molar-refractivity contribution in [1.29, 1.82) is 0 Å². The van der Waals surface area contributed by atoms with Gasteiger partial charge in [-0.3, -0.25) is 4.79 Å². The van der Waals surface area contributed by atoms with E-state index in [0.717, 1.165) is 0 Å². The molecule has 0 spiro atoms. The molecule has 1 aromatic heterocycles. The lowest BCUT2D eigenvalue weighted by Gasteiger charge is -1.85. The Balaban J connectivity index is 2.75. The molecule has 0 aliphatic rings. The second-order valence-corrected chi connectivity index (χ2v) is 2.72. The second kappa shape index (κ2) is 2.81. The maximum Gasteiger partial charge on any atom is 0.307 e. The summed E-state index contributed by atoms with van der Waals surface area (Å²) in [5.74, 6) is -0.827. The number of aromatic nitrogens is 1. The average Bonchev–Trinajstić information content (AvgIpc) is 2.49. The molecule has 0 radical (unpaired) electrons. The third-order valence-corrected chi connectivity index (χ3v) is 1.70. The summed E-state index contributed by atoms with van der Waals surface area (Å²) in [6.45, 7) is 0. The quantitative estimate of drug-likeness (QED) is 0.662. The number of hydrogen-bond donors (Lipinski definition) is 0. The first-order valence-corrected chi connectivity index (χ1v) is 3.81. The molecule has 3 nitrogen and oxygen atoms in total. The van der Waals surface area contributed by atoms with Gasteiger partial charge in [-0.25, -0.2) is 9.37 Å². The van der Waals surface area contributed by atoms with Crippen molar-refractivity contribution in [3.63, 3.8) is 0 Å². The largest absolute Gasteiger partial charge is 0.433 e. The lowest BCUT2D eigenvalue weighted by atomic mass is 10.3. The van der Waals surface area contributed by atoms with Crippen molar-refractivity contribution in [2.75, 3.05) is 0 Å². The Morgan fingerprint density at radius 3 is 2.92 bits per heavy atom. The highest BCUT2D eigenvalue weighted by Gasteiger charge is 2.13. The van der Waals surface area contributed by atoms with Crippen LogP contribution in [-0.4, -0.2) is 10.2 Å². The maximum absolute atomic E-state index is 13.0. The van der Waals surface area contributed by atoms with Gasteiger partial charge < -0.3 is 4.42 Å². The summed E-state index contributed by atoms with van der Waals surface area (Å²) in [7, 11) is 0. The predicted molar refractivity (Wildman–Crippen MR) is 44.2 cm³/mol. The number of nitrogens with zero attached hydrogens (tertiary/aromatic N) is 1. The van der Waals surface area contributed by atoms with E-state index in [2.05, 4.69) is 4.98 Å². The number of hydrogen-bond acceptors (Lipinski definition) is 3. The normalized spacial score (nSPS) is 10.6. The molecule has 0 unspecified atom stereocenters. The first kappa shape index (κ1) is 8.19. The number of benzene rings is 1. The van der Waals surface area contributed by atoms with Crippen LogP contribution in [0.4, 0.5) is 4.39 Å². The van der Waals surface area contributed by atoms with Crippen LogP contribution in [0.5, 0.6) is 0 Å². The van der Waals surface area contributed by atoms with Crippen LogP contribution in [0, 0.1) is 5.82 Å². The summed E-state index contributed by atoms with van der Waals surface area (Å²) in [6.07, 6.45) is 0. The lowest BCUT2D eigenvalue weighted by Crippen LogP contribution is -1.86. The molecule has 0 amide bonds. The molecule has 0 N–H and O–H groups in total. The Kier molecular flexibility index (Phi) is 1.77. The van der Waals surface area contributed by atoms with Gasteiger partial charge in [0.15, 0.2) is 11.4 Å². The SMILES string of the molecule is O=C(Cl)c1nc2c(F)cccc2o1.